The van der Waals surface area contributed by atoms with E-state index in [2.05, 4.69) is 4.99 Å². The van der Waals surface area contributed by atoms with Crippen molar-refractivity contribution in [3.05, 3.63) is 106 Å². The SMILES string of the molecule is O=C1/C(=C\c2ccc(Cl)cc2)N=C(c2ccccc2F)N1c1ccc(F)cc1. The lowest BCUT2D eigenvalue weighted by Gasteiger charge is -2.18. The van der Waals surface area contributed by atoms with Gasteiger partial charge in [0.15, 0.2) is 5.84 Å². The Morgan fingerprint density at radius 2 is 1.57 bits per heavy atom. The second kappa shape index (κ2) is 7.37. The van der Waals surface area contributed by atoms with Crippen LogP contribution in [-0.2, 0) is 4.79 Å². The van der Waals surface area contributed by atoms with Crippen molar-refractivity contribution in [1.29, 1.82) is 0 Å². The van der Waals surface area contributed by atoms with Crippen LogP contribution in [0, 0.1) is 11.6 Å². The summed E-state index contributed by atoms with van der Waals surface area (Å²) in [7, 11) is 0. The minimum atomic E-state index is -0.506. The summed E-state index contributed by atoms with van der Waals surface area (Å²) >= 11 is 5.90. The van der Waals surface area contributed by atoms with Gasteiger partial charge in [-0.2, -0.15) is 0 Å². The van der Waals surface area contributed by atoms with Crippen molar-refractivity contribution in [2.24, 2.45) is 4.99 Å². The van der Waals surface area contributed by atoms with Crippen LogP contribution in [0.4, 0.5) is 14.5 Å². The summed E-state index contributed by atoms with van der Waals surface area (Å²) in [6.07, 6.45) is 1.60. The first kappa shape index (κ1) is 18.1. The van der Waals surface area contributed by atoms with Gasteiger partial charge in [0.05, 0.1) is 11.3 Å². The number of aliphatic imine (C=N–C) groups is 1. The standard InChI is InChI=1S/C22H13ClF2N2O/c23-15-7-5-14(6-8-15)13-20-22(28)27(17-11-9-16(24)10-12-17)21(26-20)18-3-1-2-4-19(18)25/h1-13H/b20-13+. The molecule has 0 unspecified atom stereocenters. The van der Waals surface area contributed by atoms with Crippen LogP contribution in [-0.4, -0.2) is 11.7 Å². The molecule has 6 heteroatoms. The van der Waals surface area contributed by atoms with Crippen molar-refractivity contribution in [3.8, 4) is 0 Å². The summed E-state index contributed by atoms with van der Waals surface area (Å²) in [5, 5.41) is 0.573. The Hall–Kier alpha value is -3.31. The monoisotopic (exact) mass is 394 g/mol. The predicted molar refractivity (Wildman–Crippen MR) is 106 cm³/mol. The third kappa shape index (κ3) is 3.44. The van der Waals surface area contributed by atoms with Gasteiger partial charge in [0.1, 0.15) is 17.3 Å². The van der Waals surface area contributed by atoms with Crippen molar-refractivity contribution in [3.63, 3.8) is 0 Å². The maximum Gasteiger partial charge on any atom is 0.282 e. The second-order valence-electron chi connectivity index (χ2n) is 6.11. The van der Waals surface area contributed by atoms with Crippen molar-refractivity contribution >= 4 is 35.1 Å². The number of amidine groups is 1. The Morgan fingerprint density at radius 1 is 0.893 bits per heavy atom. The summed E-state index contributed by atoms with van der Waals surface area (Å²) in [5.41, 5.74) is 1.45. The number of amides is 1. The highest BCUT2D eigenvalue weighted by Crippen LogP contribution is 2.29. The van der Waals surface area contributed by atoms with Gasteiger partial charge in [-0.25, -0.2) is 13.8 Å². The third-order valence-corrected chi connectivity index (χ3v) is 4.49. The number of halogens is 3. The molecule has 138 valence electrons. The fourth-order valence-electron chi connectivity index (χ4n) is 2.89. The van der Waals surface area contributed by atoms with Gasteiger partial charge in [-0.1, -0.05) is 35.9 Å². The molecule has 3 aromatic rings. The normalized spacial score (nSPS) is 15.2. The summed E-state index contributed by atoms with van der Waals surface area (Å²) in [6.45, 7) is 0. The summed E-state index contributed by atoms with van der Waals surface area (Å²) in [4.78, 5) is 18.7. The number of hydrogen-bond donors (Lipinski definition) is 0. The van der Waals surface area contributed by atoms with Crippen LogP contribution < -0.4 is 4.90 Å². The topological polar surface area (TPSA) is 32.7 Å². The molecule has 28 heavy (non-hydrogen) atoms. The van der Waals surface area contributed by atoms with E-state index in [4.69, 9.17) is 11.6 Å². The van der Waals surface area contributed by atoms with E-state index >= 15 is 0 Å². The molecule has 3 nitrogen and oxygen atoms in total. The van der Waals surface area contributed by atoms with Gasteiger partial charge in [0.25, 0.3) is 5.91 Å². The average molecular weight is 395 g/mol. The molecule has 0 radical (unpaired) electrons. The number of anilines is 1. The molecule has 1 aliphatic rings. The van der Waals surface area contributed by atoms with Crippen LogP contribution in [0.25, 0.3) is 6.08 Å². The predicted octanol–water partition coefficient (Wildman–Crippen LogP) is 5.45. The molecule has 1 aliphatic heterocycles. The van der Waals surface area contributed by atoms with Crippen LogP contribution in [0.1, 0.15) is 11.1 Å². The van der Waals surface area contributed by atoms with E-state index in [-0.39, 0.29) is 17.1 Å². The Kier molecular flexibility index (Phi) is 4.75. The van der Waals surface area contributed by atoms with Gasteiger partial charge in [0, 0.05) is 5.02 Å². The first-order chi connectivity index (χ1) is 13.5. The highest BCUT2D eigenvalue weighted by molar-refractivity contribution is 6.33. The Balaban J connectivity index is 1.84. The number of rotatable bonds is 3. The molecule has 0 atom stereocenters. The van der Waals surface area contributed by atoms with E-state index in [0.717, 1.165) is 5.56 Å². The fourth-order valence-corrected chi connectivity index (χ4v) is 3.01. The Morgan fingerprint density at radius 3 is 2.25 bits per heavy atom. The van der Waals surface area contributed by atoms with E-state index in [1.807, 2.05) is 0 Å². The molecule has 0 spiro atoms. The third-order valence-electron chi connectivity index (χ3n) is 4.23. The first-order valence-electron chi connectivity index (χ1n) is 8.44. The van der Waals surface area contributed by atoms with Crippen LogP contribution in [0.3, 0.4) is 0 Å². The van der Waals surface area contributed by atoms with Crippen LogP contribution in [0.15, 0.2) is 83.5 Å². The lowest BCUT2D eigenvalue weighted by Crippen LogP contribution is -2.33. The maximum absolute atomic E-state index is 14.4. The molecule has 0 N–H and O–H groups in total. The lowest BCUT2D eigenvalue weighted by atomic mass is 10.1. The lowest BCUT2D eigenvalue weighted by molar-refractivity contribution is -0.113. The highest BCUT2D eigenvalue weighted by atomic mass is 35.5. The van der Waals surface area contributed by atoms with Crippen LogP contribution in [0.2, 0.25) is 5.02 Å². The number of carbonyl (C=O) groups excluding carboxylic acids is 1. The van der Waals surface area contributed by atoms with E-state index in [1.165, 1.54) is 35.2 Å². The van der Waals surface area contributed by atoms with Gasteiger partial charge < -0.3 is 0 Å². The van der Waals surface area contributed by atoms with E-state index in [0.29, 0.717) is 10.7 Å². The van der Waals surface area contributed by atoms with Gasteiger partial charge in [-0.05, 0) is 60.2 Å². The molecule has 4 rings (SSSR count). The largest absolute Gasteiger partial charge is 0.282 e. The molecule has 0 saturated carbocycles. The fraction of sp³-hybridized carbons (Fsp3) is 0. The summed E-state index contributed by atoms with van der Waals surface area (Å²) in [6, 6.07) is 18.4. The van der Waals surface area contributed by atoms with E-state index < -0.39 is 17.5 Å². The minimum absolute atomic E-state index is 0.143. The minimum Gasteiger partial charge on any atom is -0.266 e. The number of hydrogen-bond acceptors (Lipinski definition) is 2. The van der Waals surface area contributed by atoms with Gasteiger partial charge in [-0.15, -0.1) is 0 Å². The van der Waals surface area contributed by atoms with Gasteiger partial charge in [-0.3, -0.25) is 9.69 Å². The number of nitrogens with zero attached hydrogens (tertiary/aromatic N) is 2. The molecule has 0 saturated heterocycles. The molecule has 0 aliphatic carbocycles. The summed E-state index contributed by atoms with van der Waals surface area (Å²) in [5.74, 6) is -1.22. The molecular weight excluding hydrogens is 382 g/mol. The van der Waals surface area contributed by atoms with Crippen molar-refractivity contribution in [1.82, 2.24) is 0 Å². The van der Waals surface area contributed by atoms with E-state index in [9.17, 15) is 13.6 Å². The zero-order chi connectivity index (χ0) is 19.7. The molecule has 0 fully saturated rings. The molecule has 0 aromatic heterocycles. The zero-order valence-corrected chi connectivity index (χ0v) is 15.2. The molecular formula is C22H13ClF2N2O. The van der Waals surface area contributed by atoms with Crippen LogP contribution >= 0.6 is 11.6 Å². The van der Waals surface area contributed by atoms with Crippen molar-refractivity contribution < 1.29 is 13.6 Å². The first-order valence-corrected chi connectivity index (χ1v) is 8.81. The zero-order valence-electron chi connectivity index (χ0n) is 14.4. The second-order valence-corrected chi connectivity index (χ2v) is 6.55. The van der Waals surface area contributed by atoms with E-state index in [1.54, 1.807) is 48.5 Å². The van der Waals surface area contributed by atoms with Crippen LogP contribution in [0.5, 0.6) is 0 Å². The Bertz CT molecular complexity index is 1110. The summed E-state index contributed by atoms with van der Waals surface area (Å²) < 4.78 is 27.7. The number of carbonyl (C=O) groups is 1. The van der Waals surface area contributed by atoms with Crippen molar-refractivity contribution in [2.45, 2.75) is 0 Å². The van der Waals surface area contributed by atoms with Crippen molar-refractivity contribution in [2.75, 3.05) is 4.90 Å². The van der Waals surface area contributed by atoms with Gasteiger partial charge in [0.2, 0.25) is 0 Å². The smallest absolute Gasteiger partial charge is 0.266 e. The molecule has 1 heterocycles. The molecule has 3 aromatic carbocycles. The quantitative estimate of drug-likeness (QED) is 0.543. The average Bonchev–Trinajstić information content (AvgIpc) is 3.01. The highest BCUT2D eigenvalue weighted by Gasteiger charge is 2.33. The Labute approximate surface area is 165 Å². The number of benzene rings is 3. The maximum atomic E-state index is 14.4. The molecule has 0 bridgehead atoms. The molecule has 1 amide bonds. The van der Waals surface area contributed by atoms with Gasteiger partial charge >= 0.3 is 0 Å².